The van der Waals surface area contributed by atoms with Crippen LogP contribution in [-0.2, 0) is 13.6 Å². The van der Waals surface area contributed by atoms with Gasteiger partial charge in [0, 0.05) is 31.0 Å². The molecular weight excluding hydrogens is 296 g/mol. The number of halogens is 1. The summed E-state index contributed by atoms with van der Waals surface area (Å²) in [5.41, 5.74) is 1.14. The van der Waals surface area contributed by atoms with Crippen LogP contribution in [0.25, 0.3) is 0 Å². The maximum absolute atomic E-state index is 11.7. The van der Waals surface area contributed by atoms with E-state index < -0.39 is 12.0 Å². The molecule has 0 aliphatic rings. The van der Waals surface area contributed by atoms with Crippen molar-refractivity contribution in [3.05, 3.63) is 46.7 Å². The molecule has 0 atom stereocenters. The third kappa shape index (κ3) is 3.96. The number of anilines is 1. The fraction of sp³-hybridized carbons (Fsp3) is 0.154. The van der Waals surface area contributed by atoms with Crippen LogP contribution < -0.4 is 10.6 Å². The Balaban J connectivity index is 1.96. The summed E-state index contributed by atoms with van der Waals surface area (Å²) in [5, 5.41) is 18.2. The van der Waals surface area contributed by atoms with E-state index in [0.717, 1.165) is 5.56 Å². The number of benzene rings is 1. The van der Waals surface area contributed by atoms with Gasteiger partial charge in [0.2, 0.25) is 0 Å². The van der Waals surface area contributed by atoms with Crippen LogP contribution >= 0.6 is 11.6 Å². The first-order valence-corrected chi connectivity index (χ1v) is 6.38. The van der Waals surface area contributed by atoms with Gasteiger partial charge in [-0.2, -0.15) is 5.10 Å². The summed E-state index contributed by atoms with van der Waals surface area (Å²) in [4.78, 5) is 22.7. The maximum atomic E-state index is 11.7. The number of rotatable bonds is 4. The molecule has 110 valence electrons. The summed E-state index contributed by atoms with van der Waals surface area (Å²) in [6, 6.07) is 3.80. The van der Waals surface area contributed by atoms with Gasteiger partial charge >= 0.3 is 12.0 Å². The Morgan fingerprint density at radius 3 is 2.81 bits per heavy atom. The van der Waals surface area contributed by atoms with Crippen molar-refractivity contribution in [3.8, 4) is 0 Å². The van der Waals surface area contributed by atoms with Crippen molar-refractivity contribution >= 4 is 29.3 Å². The summed E-state index contributed by atoms with van der Waals surface area (Å²) in [5.74, 6) is -1.15. The van der Waals surface area contributed by atoms with Crippen molar-refractivity contribution in [2.24, 2.45) is 7.05 Å². The highest BCUT2D eigenvalue weighted by molar-refractivity contribution is 6.33. The predicted molar refractivity (Wildman–Crippen MR) is 77.5 cm³/mol. The first kappa shape index (κ1) is 14.9. The van der Waals surface area contributed by atoms with Gasteiger partial charge in [0.15, 0.2) is 0 Å². The van der Waals surface area contributed by atoms with E-state index in [0.29, 0.717) is 12.2 Å². The Bertz CT molecular complexity index is 684. The average molecular weight is 309 g/mol. The normalized spacial score (nSPS) is 10.2. The molecule has 0 fully saturated rings. The molecule has 2 aromatic rings. The fourth-order valence-electron chi connectivity index (χ4n) is 1.69. The van der Waals surface area contributed by atoms with E-state index in [4.69, 9.17) is 16.7 Å². The van der Waals surface area contributed by atoms with Crippen LogP contribution in [0.3, 0.4) is 0 Å². The van der Waals surface area contributed by atoms with E-state index in [-0.39, 0.29) is 10.6 Å². The molecule has 21 heavy (non-hydrogen) atoms. The lowest BCUT2D eigenvalue weighted by Crippen LogP contribution is -2.28. The lowest BCUT2D eigenvalue weighted by molar-refractivity contribution is 0.0697. The standard InChI is InChI=1S/C13H13ClN4O3/c1-18-7-8(6-16-18)5-15-13(21)17-9-2-3-11(14)10(4-9)12(19)20/h2-4,6-7H,5H2,1H3,(H,19,20)(H2,15,17,21). The summed E-state index contributed by atoms with van der Waals surface area (Å²) in [7, 11) is 1.78. The van der Waals surface area contributed by atoms with Gasteiger partial charge in [0.1, 0.15) is 0 Å². The van der Waals surface area contributed by atoms with E-state index in [2.05, 4.69) is 15.7 Å². The third-order valence-corrected chi connectivity index (χ3v) is 3.00. The Hall–Kier alpha value is -2.54. The average Bonchev–Trinajstić information content (AvgIpc) is 2.84. The molecule has 0 aliphatic heterocycles. The highest BCUT2D eigenvalue weighted by Gasteiger charge is 2.10. The smallest absolute Gasteiger partial charge is 0.337 e. The van der Waals surface area contributed by atoms with Crippen LogP contribution in [0.1, 0.15) is 15.9 Å². The maximum Gasteiger partial charge on any atom is 0.337 e. The van der Waals surface area contributed by atoms with Crippen LogP contribution in [0, 0.1) is 0 Å². The quantitative estimate of drug-likeness (QED) is 0.805. The van der Waals surface area contributed by atoms with Gasteiger partial charge in [-0.25, -0.2) is 9.59 Å². The van der Waals surface area contributed by atoms with Gasteiger partial charge in [-0.05, 0) is 18.2 Å². The molecule has 0 spiro atoms. The SMILES string of the molecule is Cn1cc(CNC(=O)Nc2ccc(Cl)c(C(=O)O)c2)cn1. The minimum absolute atomic E-state index is 0.0678. The zero-order valence-corrected chi connectivity index (χ0v) is 11.9. The highest BCUT2D eigenvalue weighted by atomic mass is 35.5. The van der Waals surface area contributed by atoms with E-state index in [1.54, 1.807) is 24.1 Å². The molecule has 2 rings (SSSR count). The summed E-state index contributed by atoms with van der Waals surface area (Å²) in [6.45, 7) is 0.319. The number of nitrogens with one attached hydrogen (secondary N) is 2. The minimum Gasteiger partial charge on any atom is -0.478 e. The second-order valence-corrected chi connectivity index (χ2v) is 4.74. The number of aromatic carboxylic acids is 1. The zero-order valence-electron chi connectivity index (χ0n) is 11.1. The van der Waals surface area contributed by atoms with Crippen LogP contribution in [0.4, 0.5) is 10.5 Å². The zero-order chi connectivity index (χ0) is 15.4. The van der Waals surface area contributed by atoms with Crippen LogP contribution in [0.15, 0.2) is 30.6 Å². The molecule has 3 N–H and O–H groups in total. The molecule has 0 saturated heterocycles. The van der Waals surface area contributed by atoms with Crippen molar-refractivity contribution in [2.45, 2.75) is 6.54 Å². The Labute approximate surface area is 125 Å². The van der Waals surface area contributed by atoms with Crippen molar-refractivity contribution in [3.63, 3.8) is 0 Å². The molecule has 0 bridgehead atoms. The molecule has 0 unspecified atom stereocenters. The monoisotopic (exact) mass is 308 g/mol. The Morgan fingerprint density at radius 1 is 1.43 bits per heavy atom. The number of carbonyl (C=O) groups is 2. The van der Waals surface area contributed by atoms with Gasteiger partial charge in [-0.3, -0.25) is 4.68 Å². The Morgan fingerprint density at radius 2 is 2.19 bits per heavy atom. The largest absolute Gasteiger partial charge is 0.478 e. The number of carbonyl (C=O) groups excluding carboxylic acids is 1. The fourth-order valence-corrected chi connectivity index (χ4v) is 1.89. The molecule has 1 aromatic heterocycles. The number of amides is 2. The highest BCUT2D eigenvalue weighted by Crippen LogP contribution is 2.20. The van der Waals surface area contributed by atoms with Crippen LogP contribution in [0.5, 0.6) is 0 Å². The van der Waals surface area contributed by atoms with Gasteiger partial charge in [-0.15, -0.1) is 0 Å². The van der Waals surface area contributed by atoms with Crippen molar-refractivity contribution in [1.82, 2.24) is 15.1 Å². The van der Waals surface area contributed by atoms with Crippen LogP contribution in [0.2, 0.25) is 5.02 Å². The lowest BCUT2D eigenvalue weighted by atomic mass is 10.2. The second-order valence-electron chi connectivity index (χ2n) is 4.33. The number of aromatic nitrogens is 2. The van der Waals surface area contributed by atoms with E-state index in [9.17, 15) is 9.59 Å². The van der Waals surface area contributed by atoms with Gasteiger partial charge in [0.05, 0.1) is 16.8 Å². The van der Waals surface area contributed by atoms with Gasteiger partial charge in [0.25, 0.3) is 0 Å². The number of nitrogens with zero attached hydrogens (tertiary/aromatic N) is 2. The minimum atomic E-state index is -1.15. The van der Waals surface area contributed by atoms with E-state index in [1.807, 2.05) is 0 Å². The number of carboxylic acid groups (broad SMARTS) is 1. The van der Waals surface area contributed by atoms with Crippen molar-refractivity contribution < 1.29 is 14.7 Å². The molecule has 0 radical (unpaired) electrons. The molecule has 1 heterocycles. The number of hydrogen-bond donors (Lipinski definition) is 3. The van der Waals surface area contributed by atoms with Gasteiger partial charge < -0.3 is 15.7 Å². The molecular formula is C13H13ClN4O3. The summed E-state index contributed by atoms with van der Waals surface area (Å²) < 4.78 is 1.63. The summed E-state index contributed by atoms with van der Waals surface area (Å²) in [6.07, 6.45) is 3.43. The lowest BCUT2D eigenvalue weighted by Gasteiger charge is -2.08. The summed E-state index contributed by atoms with van der Waals surface area (Å²) >= 11 is 5.75. The first-order valence-electron chi connectivity index (χ1n) is 6.01. The first-order chi connectivity index (χ1) is 9.95. The predicted octanol–water partition coefficient (Wildman–Crippen LogP) is 2.09. The van der Waals surface area contributed by atoms with E-state index in [1.165, 1.54) is 18.2 Å². The van der Waals surface area contributed by atoms with E-state index >= 15 is 0 Å². The number of hydrogen-bond acceptors (Lipinski definition) is 3. The number of urea groups is 1. The Kier molecular flexibility index (Phi) is 4.44. The number of aryl methyl sites for hydroxylation is 1. The van der Waals surface area contributed by atoms with Crippen molar-refractivity contribution in [2.75, 3.05) is 5.32 Å². The third-order valence-electron chi connectivity index (χ3n) is 2.67. The van der Waals surface area contributed by atoms with Crippen molar-refractivity contribution in [1.29, 1.82) is 0 Å². The molecule has 2 amide bonds. The second kappa shape index (κ2) is 6.27. The van der Waals surface area contributed by atoms with Gasteiger partial charge in [-0.1, -0.05) is 11.6 Å². The molecule has 0 saturated carbocycles. The molecule has 8 heteroatoms. The van der Waals surface area contributed by atoms with Crippen LogP contribution in [-0.4, -0.2) is 26.9 Å². The topological polar surface area (TPSA) is 96.2 Å². The molecule has 7 nitrogen and oxygen atoms in total. The molecule has 1 aromatic carbocycles. The molecule has 0 aliphatic carbocycles. The number of carboxylic acids is 1.